The summed E-state index contributed by atoms with van der Waals surface area (Å²) < 4.78 is 5.15. The fourth-order valence-electron chi connectivity index (χ4n) is 2.07. The molecule has 0 radical (unpaired) electrons. The van der Waals surface area contributed by atoms with Gasteiger partial charge in [0.2, 0.25) is 0 Å². The van der Waals surface area contributed by atoms with Crippen LogP contribution in [0.2, 0.25) is 0 Å². The van der Waals surface area contributed by atoms with Gasteiger partial charge in [-0.05, 0) is 38.5 Å². The fourth-order valence-corrected chi connectivity index (χ4v) is 2.07. The third-order valence-electron chi connectivity index (χ3n) is 3.10. The van der Waals surface area contributed by atoms with E-state index in [1.807, 2.05) is 51.1 Å². The fraction of sp³-hybridized carbons (Fsp3) is 0.333. The molecule has 18 heavy (non-hydrogen) atoms. The van der Waals surface area contributed by atoms with E-state index in [9.17, 15) is 4.79 Å². The van der Waals surface area contributed by atoms with Gasteiger partial charge >= 0.3 is 5.97 Å². The smallest absolute Gasteiger partial charge is 0.315 e. The highest BCUT2D eigenvalue weighted by molar-refractivity contribution is 5.91. The molecule has 2 rings (SSSR count). The van der Waals surface area contributed by atoms with E-state index in [4.69, 9.17) is 4.74 Å². The maximum atomic E-state index is 12.1. The Kier molecular flexibility index (Phi) is 3.32. The topological polar surface area (TPSA) is 39.2 Å². The molecule has 0 aliphatic rings. The lowest BCUT2D eigenvalue weighted by Gasteiger charge is -2.24. The van der Waals surface area contributed by atoms with Gasteiger partial charge in [-0.2, -0.15) is 0 Å². The summed E-state index contributed by atoms with van der Waals surface area (Å²) in [5.74, 6) is -0.207. The number of ether oxygens (including phenoxy) is 1. The lowest BCUT2D eigenvalue weighted by molar-refractivity contribution is -0.148. The van der Waals surface area contributed by atoms with Crippen molar-refractivity contribution in [3.05, 3.63) is 42.1 Å². The Hall–Kier alpha value is -1.90. The van der Waals surface area contributed by atoms with Crippen molar-refractivity contribution >= 4 is 16.9 Å². The minimum Gasteiger partial charge on any atom is -0.465 e. The Morgan fingerprint density at radius 3 is 2.78 bits per heavy atom. The normalized spacial score (nSPS) is 11.5. The molecule has 1 heterocycles. The number of aromatic nitrogens is 1. The van der Waals surface area contributed by atoms with Gasteiger partial charge in [-0.25, -0.2) is 0 Å². The number of esters is 1. The molecule has 0 bridgehead atoms. The standard InChI is InChI=1S/C15H17NO2/c1-4-18-14(17)15(2,3)12-8-5-9-13-11(12)7-6-10-16-13/h5-10H,4H2,1-3H3. The van der Waals surface area contributed by atoms with E-state index in [0.29, 0.717) is 6.61 Å². The molecule has 0 amide bonds. The number of nitrogens with zero attached hydrogens (tertiary/aromatic N) is 1. The number of hydrogen-bond acceptors (Lipinski definition) is 3. The number of pyridine rings is 1. The van der Waals surface area contributed by atoms with Gasteiger partial charge in [0.1, 0.15) is 0 Å². The summed E-state index contributed by atoms with van der Waals surface area (Å²) in [6, 6.07) is 9.69. The van der Waals surface area contributed by atoms with Crippen LogP contribution in [-0.4, -0.2) is 17.6 Å². The van der Waals surface area contributed by atoms with Crippen LogP contribution in [0.15, 0.2) is 36.5 Å². The molecule has 0 saturated carbocycles. The van der Waals surface area contributed by atoms with Crippen LogP contribution in [0, 0.1) is 0 Å². The van der Waals surface area contributed by atoms with Crippen LogP contribution in [-0.2, 0) is 14.9 Å². The van der Waals surface area contributed by atoms with Crippen molar-refractivity contribution in [2.45, 2.75) is 26.2 Å². The Morgan fingerprint density at radius 2 is 2.06 bits per heavy atom. The molecule has 1 aromatic carbocycles. The zero-order valence-corrected chi connectivity index (χ0v) is 10.9. The maximum Gasteiger partial charge on any atom is 0.315 e. The minimum absolute atomic E-state index is 0.207. The molecule has 1 aromatic heterocycles. The number of fused-ring (bicyclic) bond motifs is 1. The molecule has 0 N–H and O–H groups in total. The number of carbonyl (C=O) groups excluding carboxylic acids is 1. The number of benzene rings is 1. The summed E-state index contributed by atoms with van der Waals surface area (Å²) >= 11 is 0. The number of hydrogen-bond donors (Lipinski definition) is 0. The largest absolute Gasteiger partial charge is 0.465 e. The van der Waals surface area contributed by atoms with E-state index < -0.39 is 5.41 Å². The van der Waals surface area contributed by atoms with E-state index in [-0.39, 0.29) is 5.97 Å². The lowest BCUT2D eigenvalue weighted by atomic mass is 9.82. The molecule has 0 aliphatic carbocycles. The highest BCUT2D eigenvalue weighted by atomic mass is 16.5. The third kappa shape index (κ3) is 2.08. The molecular formula is C15H17NO2. The predicted octanol–water partition coefficient (Wildman–Crippen LogP) is 3.08. The van der Waals surface area contributed by atoms with Crippen molar-refractivity contribution in [1.82, 2.24) is 4.98 Å². The van der Waals surface area contributed by atoms with Gasteiger partial charge in [0.25, 0.3) is 0 Å². The first-order valence-corrected chi connectivity index (χ1v) is 6.09. The van der Waals surface area contributed by atoms with Crippen LogP contribution in [0.1, 0.15) is 26.3 Å². The first-order valence-electron chi connectivity index (χ1n) is 6.09. The zero-order valence-electron chi connectivity index (χ0n) is 10.9. The summed E-state index contributed by atoms with van der Waals surface area (Å²) in [4.78, 5) is 16.4. The summed E-state index contributed by atoms with van der Waals surface area (Å²) in [5.41, 5.74) is 1.18. The van der Waals surface area contributed by atoms with Crippen LogP contribution in [0.5, 0.6) is 0 Å². The molecular weight excluding hydrogens is 226 g/mol. The van der Waals surface area contributed by atoms with E-state index in [2.05, 4.69) is 4.98 Å². The van der Waals surface area contributed by atoms with E-state index in [0.717, 1.165) is 16.5 Å². The van der Waals surface area contributed by atoms with Gasteiger partial charge in [0.05, 0.1) is 17.5 Å². The molecule has 0 saturated heterocycles. The van der Waals surface area contributed by atoms with Gasteiger partial charge in [-0.3, -0.25) is 9.78 Å². The van der Waals surface area contributed by atoms with Crippen LogP contribution in [0.4, 0.5) is 0 Å². The van der Waals surface area contributed by atoms with Crippen LogP contribution >= 0.6 is 0 Å². The van der Waals surface area contributed by atoms with Crippen LogP contribution in [0.3, 0.4) is 0 Å². The highest BCUT2D eigenvalue weighted by Gasteiger charge is 2.32. The van der Waals surface area contributed by atoms with Crippen LogP contribution in [0.25, 0.3) is 10.9 Å². The summed E-state index contributed by atoms with van der Waals surface area (Å²) in [7, 11) is 0. The number of rotatable bonds is 3. The Balaban J connectivity index is 2.56. The third-order valence-corrected chi connectivity index (χ3v) is 3.10. The van der Waals surface area contributed by atoms with E-state index in [1.165, 1.54) is 0 Å². The van der Waals surface area contributed by atoms with Crippen molar-refractivity contribution in [1.29, 1.82) is 0 Å². The molecule has 0 spiro atoms. The first kappa shape index (κ1) is 12.6. The molecule has 3 nitrogen and oxygen atoms in total. The maximum absolute atomic E-state index is 12.1. The van der Waals surface area contributed by atoms with Crippen molar-refractivity contribution in [2.75, 3.05) is 6.61 Å². The molecule has 0 fully saturated rings. The second-order valence-corrected chi connectivity index (χ2v) is 4.72. The molecule has 0 aliphatic heterocycles. The summed E-state index contributed by atoms with van der Waals surface area (Å²) in [6.07, 6.45) is 1.75. The molecule has 0 atom stereocenters. The first-order chi connectivity index (χ1) is 8.57. The lowest BCUT2D eigenvalue weighted by Crippen LogP contribution is -2.31. The van der Waals surface area contributed by atoms with Gasteiger partial charge < -0.3 is 4.74 Å². The Labute approximate surface area is 107 Å². The second-order valence-electron chi connectivity index (χ2n) is 4.72. The van der Waals surface area contributed by atoms with Gasteiger partial charge in [0, 0.05) is 11.6 Å². The SMILES string of the molecule is CCOC(=O)C(C)(C)c1cccc2ncccc12. The van der Waals surface area contributed by atoms with E-state index >= 15 is 0 Å². The zero-order chi connectivity index (χ0) is 13.2. The second kappa shape index (κ2) is 4.77. The Bertz CT molecular complexity index is 570. The monoisotopic (exact) mass is 243 g/mol. The molecule has 0 unspecified atom stereocenters. The van der Waals surface area contributed by atoms with Crippen molar-refractivity contribution in [2.24, 2.45) is 0 Å². The average Bonchev–Trinajstić information content (AvgIpc) is 2.38. The molecule has 94 valence electrons. The highest BCUT2D eigenvalue weighted by Crippen LogP contribution is 2.30. The van der Waals surface area contributed by atoms with Crippen molar-refractivity contribution < 1.29 is 9.53 Å². The minimum atomic E-state index is -0.668. The quantitative estimate of drug-likeness (QED) is 0.778. The van der Waals surface area contributed by atoms with Crippen LogP contribution < -0.4 is 0 Å². The Morgan fingerprint density at radius 1 is 1.28 bits per heavy atom. The van der Waals surface area contributed by atoms with Gasteiger partial charge in [0.15, 0.2) is 0 Å². The van der Waals surface area contributed by atoms with Crippen molar-refractivity contribution in [3.63, 3.8) is 0 Å². The molecule has 3 heteroatoms. The summed E-state index contributed by atoms with van der Waals surface area (Å²) in [6.45, 7) is 5.98. The van der Waals surface area contributed by atoms with Gasteiger partial charge in [-0.1, -0.05) is 18.2 Å². The van der Waals surface area contributed by atoms with E-state index in [1.54, 1.807) is 6.20 Å². The van der Waals surface area contributed by atoms with Crippen molar-refractivity contribution in [3.8, 4) is 0 Å². The summed E-state index contributed by atoms with van der Waals surface area (Å²) in [5, 5.41) is 0.998. The average molecular weight is 243 g/mol. The van der Waals surface area contributed by atoms with Gasteiger partial charge in [-0.15, -0.1) is 0 Å². The predicted molar refractivity (Wildman–Crippen MR) is 71.4 cm³/mol. The molecule has 2 aromatic rings. The number of carbonyl (C=O) groups is 1.